The molecular formula is C23H25N3O2. The molecule has 0 aliphatic carbocycles. The van der Waals surface area contributed by atoms with Gasteiger partial charge in [-0.05, 0) is 42.7 Å². The summed E-state index contributed by atoms with van der Waals surface area (Å²) >= 11 is 0. The molecule has 144 valence electrons. The molecule has 0 saturated carbocycles. The second-order valence-corrected chi connectivity index (χ2v) is 7.86. The van der Waals surface area contributed by atoms with Crippen molar-refractivity contribution >= 4 is 28.4 Å². The molecule has 0 saturated heterocycles. The van der Waals surface area contributed by atoms with Crippen LogP contribution in [-0.4, -0.2) is 27.3 Å². The van der Waals surface area contributed by atoms with E-state index in [2.05, 4.69) is 36.0 Å². The predicted octanol–water partition coefficient (Wildman–Crippen LogP) is 4.28. The summed E-state index contributed by atoms with van der Waals surface area (Å²) in [5, 5.41) is 4.04. The van der Waals surface area contributed by atoms with Crippen LogP contribution in [0.4, 0.5) is 5.69 Å². The minimum absolute atomic E-state index is 0.0838. The van der Waals surface area contributed by atoms with Crippen molar-refractivity contribution in [2.75, 3.05) is 5.32 Å². The van der Waals surface area contributed by atoms with Gasteiger partial charge in [-0.15, -0.1) is 0 Å². The largest absolute Gasteiger partial charge is 0.347 e. The smallest absolute Gasteiger partial charge is 0.255 e. The van der Waals surface area contributed by atoms with Crippen LogP contribution in [0.25, 0.3) is 10.9 Å². The van der Waals surface area contributed by atoms with Gasteiger partial charge in [0, 0.05) is 30.2 Å². The summed E-state index contributed by atoms with van der Waals surface area (Å²) in [6.45, 7) is 7.55. The van der Waals surface area contributed by atoms with Crippen molar-refractivity contribution in [3.63, 3.8) is 0 Å². The van der Waals surface area contributed by atoms with Crippen LogP contribution in [0.15, 0.2) is 54.7 Å². The van der Waals surface area contributed by atoms with E-state index in [1.807, 2.05) is 42.5 Å². The van der Waals surface area contributed by atoms with E-state index >= 15 is 0 Å². The Morgan fingerprint density at radius 1 is 1.07 bits per heavy atom. The number of fused-ring (bicyclic) bond motifs is 2. The number of carbonyl (C=O) groups excluding carboxylic acids is 2. The quantitative estimate of drug-likeness (QED) is 0.724. The minimum atomic E-state index is -0.548. The van der Waals surface area contributed by atoms with E-state index in [-0.39, 0.29) is 11.8 Å². The van der Waals surface area contributed by atoms with Crippen LogP contribution in [-0.2, 0) is 17.9 Å². The molecule has 0 spiro atoms. The van der Waals surface area contributed by atoms with Gasteiger partial charge in [0.25, 0.3) is 5.91 Å². The van der Waals surface area contributed by atoms with Crippen molar-refractivity contribution < 1.29 is 9.59 Å². The minimum Gasteiger partial charge on any atom is -0.347 e. The van der Waals surface area contributed by atoms with Crippen molar-refractivity contribution in [2.45, 2.75) is 39.9 Å². The first-order valence-electron chi connectivity index (χ1n) is 9.73. The third kappa shape index (κ3) is 3.17. The lowest BCUT2D eigenvalue weighted by Gasteiger charge is -2.23. The first-order chi connectivity index (χ1) is 13.5. The average Bonchev–Trinajstić information content (AvgIpc) is 3.23. The zero-order valence-electron chi connectivity index (χ0n) is 16.5. The van der Waals surface area contributed by atoms with Gasteiger partial charge in [-0.1, -0.05) is 38.1 Å². The maximum Gasteiger partial charge on any atom is 0.255 e. The highest BCUT2D eigenvalue weighted by Crippen LogP contribution is 2.27. The summed E-state index contributed by atoms with van der Waals surface area (Å²) in [7, 11) is 0. The van der Waals surface area contributed by atoms with E-state index in [1.54, 1.807) is 11.8 Å². The van der Waals surface area contributed by atoms with E-state index in [0.29, 0.717) is 18.0 Å². The first kappa shape index (κ1) is 18.3. The highest BCUT2D eigenvalue weighted by molar-refractivity contribution is 6.06. The fraction of sp³-hybridized carbons (Fsp3) is 0.304. The van der Waals surface area contributed by atoms with Crippen LogP contribution in [0.3, 0.4) is 0 Å². The summed E-state index contributed by atoms with van der Waals surface area (Å²) in [4.78, 5) is 27.2. The molecule has 1 atom stereocenters. The van der Waals surface area contributed by atoms with Gasteiger partial charge < -0.3 is 14.8 Å². The number of hydrogen-bond acceptors (Lipinski definition) is 2. The molecule has 28 heavy (non-hydrogen) atoms. The Kier molecular flexibility index (Phi) is 4.67. The summed E-state index contributed by atoms with van der Waals surface area (Å²) in [5.74, 6) is 0.279. The monoisotopic (exact) mass is 375 g/mol. The first-order valence-corrected chi connectivity index (χ1v) is 9.73. The van der Waals surface area contributed by atoms with Gasteiger partial charge in [0.1, 0.15) is 6.04 Å². The van der Waals surface area contributed by atoms with Crippen molar-refractivity contribution in [2.24, 2.45) is 5.92 Å². The molecule has 1 N–H and O–H groups in total. The molecule has 0 fully saturated rings. The molecule has 5 nitrogen and oxygen atoms in total. The number of aromatic nitrogens is 1. The summed E-state index contributed by atoms with van der Waals surface area (Å²) in [6, 6.07) is 15.0. The molecule has 1 aliphatic rings. The Hall–Kier alpha value is -3.08. The Morgan fingerprint density at radius 3 is 2.61 bits per heavy atom. The Labute approximate surface area is 165 Å². The van der Waals surface area contributed by atoms with Gasteiger partial charge in [0.05, 0.1) is 11.2 Å². The lowest BCUT2D eigenvalue weighted by Crippen LogP contribution is -2.42. The van der Waals surface area contributed by atoms with Crippen LogP contribution in [0.1, 0.15) is 36.7 Å². The number of benzene rings is 2. The predicted molar refractivity (Wildman–Crippen MR) is 111 cm³/mol. The lowest BCUT2D eigenvalue weighted by atomic mass is 10.1. The maximum atomic E-state index is 12.9. The fourth-order valence-electron chi connectivity index (χ4n) is 3.85. The molecule has 5 heteroatoms. The molecule has 1 aliphatic heterocycles. The van der Waals surface area contributed by atoms with E-state index in [9.17, 15) is 9.59 Å². The summed E-state index contributed by atoms with van der Waals surface area (Å²) in [5.41, 5.74) is 3.54. The molecule has 0 radical (unpaired) electrons. The highest BCUT2D eigenvalue weighted by Gasteiger charge is 2.33. The molecule has 2 aromatic carbocycles. The van der Waals surface area contributed by atoms with E-state index < -0.39 is 6.04 Å². The molecule has 2 heterocycles. The number of rotatable bonds is 5. The summed E-state index contributed by atoms with van der Waals surface area (Å²) < 4.78 is 2.21. The molecule has 0 bridgehead atoms. The molecular weight excluding hydrogens is 350 g/mol. The topological polar surface area (TPSA) is 54.3 Å². The molecule has 4 rings (SSSR count). The van der Waals surface area contributed by atoms with Crippen LogP contribution in [0, 0.1) is 5.92 Å². The third-order valence-corrected chi connectivity index (χ3v) is 5.33. The number of carbonyl (C=O) groups is 2. The van der Waals surface area contributed by atoms with Gasteiger partial charge in [-0.3, -0.25) is 9.59 Å². The normalized spacial score (nSPS) is 14.6. The van der Waals surface area contributed by atoms with Gasteiger partial charge >= 0.3 is 0 Å². The summed E-state index contributed by atoms with van der Waals surface area (Å²) in [6.07, 6.45) is 2.06. The van der Waals surface area contributed by atoms with E-state index in [1.165, 1.54) is 0 Å². The zero-order valence-corrected chi connectivity index (χ0v) is 16.5. The van der Waals surface area contributed by atoms with Gasteiger partial charge in [-0.2, -0.15) is 0 Å². The van der Waals surface area contributed by atoms with Crippen LogP contribution in [0.2, 0.25) is 0 Å². The highest BCUT2D eigenvalue weighted by atomic mass is 16.2. The standard InChI is InChI=1S/C23H25N3O2/c1-15(2)13-25-12-11-19-20(9-6-10-21(19)25)24-22(27)16(3)26-14-17-7-4-5-8-18(17)23(26)28/h4-12,15-16H,13-14H2,1-3H3,(H,24,27)/t16-/m0/s1. The van der Waals surface area contributed by atoms with Crippen molar-refractivity contribution in [1.82, 2.24) is 9.47 Å². The molecule has 1 aromatic heterocycles. The number of anilines is 1. The Balaban J connectivity index is 1.54. The van der Waals surface area contributed by atoms with Crippen LogP contribution < -0.4 is 5.32 Å². The molecule has 0 unspecified atom stereocenters. The van der Waals surface area contributed by atoms with Crippen LogP contribution in [0.5, 0.6) is 0 Å². The van der Waals surface area contributed by atoms with Gasteiger partial charge in [0.2, 0.25) is 5.91 Å². The average molecular weight is 375 g/mol. The van der Waals surface area contributed by atoms with Crippen molar-refractivity contribution in [1.29, 1.82) is 0 Å². The number of amides is 2. The second kappa shape index (κ2) is 7.15. The van der Waals surface area contributed by atoms with E-state index in [0.717, 1.165) is 28.7 Å². The third-order valence-electron chi connectivity index (χ3n) is 5.33. The lowest BCUT2D eigenvalue weighted by molar-refractivity contribution is -0.120. The van der Waals surface area contributed by atoms with Gasteiger partial charge in [-0.25, -0.2) is 0 Å². The SMILES string of the molecule is CC(C)Cn1ccc2c(NC(=O)[C@H](C)N3Cc4ccccc4C3=O)cccc21. The second-order valence-electron chi connectivity index (χ2n) is 7.86. The van der Waals surface area contributed by atoms with Gasteiger partial charge in [0.15, 0.2) is 0 Å². The Morgan fingerprint density at radius 2 is 1.86 bits per heavy atom. The van der Waals surface area contributed by atoms with E-state index in [4.69, 9.17) is 0 Å². The van der Waals surface area contributed by atoms with Crippen molar-refractivity contribution in [3.8, 4) is 0 Å². The zero-order chi connectivity index (χ0) is 19.8. The number of nitrogens with one attached hydrogen (secondary N) is 1. The molecule has 2 amide bonds. The van der Waals surface area contributed by atoms with Crippen LogP contribution >= 0.6 is 0 Å². The molecule has 3 aromatic rings. The fourth-order valence-corrected chi connectivity index (χ4v) is 3.85. The number of hydrogen-bond donors (Lipinski definition) is 1. The maximum absolute atomic E-state index is 12.9. The number of nitrogens with zero attached hydrogens (tertiary/aromatic N) is 2. The van der Waals surface area contributed by atoms with Crippen molar-refractivity contribution in [3.05, 3.63) is 65.9 Å². The Bertz CT molecular complexity index is 1050.